The molecule has 1 aromatic rings. The van der Waals surface area contributed by atoms with E-state index in [4.69, 9.17) is 0 Å². The molecule has 1 fully saturated rings. The fraction of sp³-hybridized carbons (Fsp3) is 0.625. The number of halogens is 5. The van der Waals surface area contributed by atoms with Crippen LogP contribution in [0.1, 0.15) is 37.8 Å². The number of benzene rings is 1. The highest BCUT2D eigenvalue weighted by molar-refractivity contribution is 9.10. The quantitative estimate of drug-likeness (QED) is 0.693. The number of nitrogens with zero attached hydrogens (tertiary/aromatic N) is 1. The molecule has 0 radical (unpaired) electrons. The maximum absolute atomic E-state index is 12.7. The van der Waals surface area contributed by atoms with Gasteiger partial charge in [-0.1, -0.05) is 35.7 Å². The molecule has 0 bridgehead atoms. The van der Waals surface area contributed by atoms with Gasteiger partial charge in [0.05, 0.1) is 0 Å². The number of hydrogen-bond donors (Lipinski definition) is 1. The lowest BCUT2D eigenvalue weighted by atomic mass is 9.98. The van der Waals surface area contributed by atoms with Crippen LogP contribution in [0.5, 0.6) is 5.75 Å². The van der Waals surface area contributed by atoms with E-state index in [0.29, 0.717) is 5.56 Å². The third-order valence-corrected chi connectivity index (χ3v) is 4.47. The summed E-state index contributed by atoms with van der Waals surface area (Å²) < 4.78 is 43.2. The summed E-state index contributed by atoms with van der Waals surface area (Å²) in [6.45, 7) is 5.44. The van der Waals surface area contributed by atoms with E-state index in [2.05, 4.69) is 37.8 Å². The van der Waals surface area contributed by atoms with Gasteiger partial charge in [-0.15, -0.1) is 25.6 Å². The van der Waals surface area contributed by atoms with Crippen molar-refractivity contribution in [1.82, 2.24) is 10.2 Å². The van der Waals surface area contributed by atoms with Crippen LogP contribution >= 0.6 is 28.3 Å². The van der Waals surface area contributed by atoms with E-state index in [0.717, 1.165) is 49.9 Å². The summed E-state index contributed by atoms with van der Waals surface area (Å²) in [5.74, 6) is -0.0969. The van der Waals surface area contributed by atoms with E-state index >= 15 is 0 Å². The zero-order valence-electron chi connectivity index (χ0n) is 13.5. The Balaban J connectivity index is 0.00000288. The molecule has 1 aliphatic rings. The lowest BCUT2D eigenvalue weighted by molar-refractivity contribution is -0.275. The van der Waals surface area contributed by atoms with Crippen LogP contribution in [0.3, 0.4) is 0 Å². The van der Waals surface area contributed by atoms with Crippen molar-refractivity contribution in [2.24, 2.45) is 0 Å². The Kier molecular flexibility index (Phi) is 8.84. The van der Waals surface area contributed by atoms with Gasteiger partial charge in [-0.3, -0.25) is 4.90 Å². The lowest BCUT2D eigenvalue weighted by Crippen LogP contribution is -2.45. The molecule has 1 atom stereocenters. The second-order valence-electron chi connectivity index (χ2n) is 5.67. The Hall–Kier alpha value is -0.500. The zero-order valence-corrected chi connectivity index (χ0v) is 15.9. The molecule has 2 rings (SSSR count). The second-order valence-corrected chi connectivity index (χ2v) is 6.59. The Morgan fingerprint density at radius 1 is 1.29 bits per heavy atom. The van der Waals surface area contributed by atoms with Crippen molar-refractivity contribution in [3.63, 3.8) is 0 Å². The molecule has 1 saturated heterocycles. The highest BCUT2D eigenvalue weighted by atomic mass is 79.9. The standard InChI is InChI=1S/C16H22BrF3N2O.ClH/c1-2-3-4-14(22-9-7-21-8-10-22)13-11-12(17)5-6-15(13)23-16(18,19)20;/h5-6,11,14,21H,2-4,7-10H2,1H3;1H/t14-;/m0./s1. The van der Waals surface area contributed by atoms with Gasteiger partial charge in [0.25, 0.3) is 0 Å². The molecule has 24 heavy (non-hydrogen) atoms. The average Bonchev–Trinajstić information content (AvgIpc) is 2.50. The third kappa shape index (κ3) is 6.43. The van der Waals surface area contributed by atoms with Gasteiger partial charge in [-0.2, -0.15) is 0 Å². The first kappa shape index (κ1) is 21.5. The summed E-state index contributed by atoms with van der Waals surface area (Å²) in [5, 5.41) is 3.28. The van der Waals surface area contributed by atoms with Crippen molar-refractivity contribution in [1.29, 1.82) is 0 Å². The first-order valence-corrected chi connectivity index (χ1v) is 8.70. The van der Waals surface area contributed by atoms with E-state index in [1.165, 1.54) is 6.07 Å². The van der Waals surface area contributed by atoms with Crippen LogP contribution in [-0.2, 0) is 0 Å². The van der Waals surface area contributed by atoms with Crippen LogP contribution in [-0.4, -0.2) is 37.4 Å². The van der Waals surface area contributed by atoms with Gasteiger partial charge in [-0.25, -0.2) is 0 Å². The van der Waals surface area contributed by atoms with Crippen molar-refractivity contribution in [2.75, 3.05) is 26.2 Å². The van der Waals surface area contributed by atoms with Crippen LogP contribution in [0, 0.1) is 0 Å². The summed E-state index contributed by atoms with van der Waals surface area (Å²) in [6.07, 6.45) is -1.89. The van der Waals surface area contributed by atoms with Gasteiger partial charge in [0.2, 0.25) is 0 Å². The van der Waals surface area contributed by atoms with Crippen molar-refractivity contribution in [3.8, 4) is 5.75 Å². The van der Waals surface area contributed by atoms with Gasteiger partial charge in [-0.05, 0) is 24.6 Å². The van der Waals surface area contributed by atoms with Crippen LogP contribution < -0.4 is 10.1 Å². The molecule has 0 spiro atoms. The molecule has 1 aromatic carbocycles. The minimum absolute atomic E-state index is 0. The maximum Gasteiger partial charge on any atom is 0.573 e. The minimum Gasteiger partial charge on any atom is -0.405 e. The molecule has 8 heteroatoms. The Morgan fingerprint density at radius 2 is 1.96 bits per heavy atom. The largest absolute Gasteiger partial charge is 0.573 e. The van der Waals surface area contributed by atoms with E-state index in [-0.39, 0.29) is 24.2 Å². The molecule has 1 aliphatic heterocycles. The summed E-state index contributed by atoms with van der Waals surface area (Å²) in [5.41, 5.74) is 0.604. The van der Waals surface area contributed by atoms with Gasteiger partial charge >= 0.3 is 6.36 Å². The van der Waals surface area contributed by atoms with Gasteiger partial charge in [0.1, 0.15) is 5.75 Å². The van der Waals surface area contributed by atoms with Gasteiger partial charge in [0.15, 0.2) is 0 Å². The number of ether oxygens (including phenoxy) is 1. The van der Waals surface area contributed by atoms with Gasteiger partial charge in [0, 0.05) is 42.3 Å². The van der Waals surface area contributed by atoms with Crippen LogP contribution in [0.25, 0.3) is 0 Å². The predicted molar refractivity (Wildman–Crippen MR) is 94.8 cm³/mol. The van der Waals surface area contributed by atoms with E-state index < -0.39 is 6.36 Å². The second kappa shape index (κ2) is 9.85. The highest BCUT2D eigenvalue weighted by Gasteiger charge is 2.34. The van der Waals surface area contributed by atoms with Crippen molar-refractivity contribution < 1.29 is 17.9 Å². The van der Waals surface area contributed by atoms with E-state index in [1.807, 2.05) is 0 Å². The lowest BCUT2D eigenvalue weighted by Gasteiger charge is -2.36. The normalized spacial score (nSPS) is 17.2. The molecule has 138 valence electrons. The Labute approximate surface area is 155 Å². The predicted octanol–water partition coefficient (Wildman–Crippen LogP) is 4.91. The third-order valence-electron chi connectivity index (χ3n) is 3.98. The fourth-order valence-electron chi connectivity index (χ4n) is 2.92. The molecular weight excluding hydrogens is 409 g/mol. The molecule has 1 heterocycles. The SMILES string of the molecule is CCCC[C@@H](c1cc(Br)ccc1OC(F)(F)F)N1CCNCC1.Cl. The molecule has 0 unspecified atom stereocenters. The summed E-state index contributed by atoms with van der Waals surface area (Å²) >= 11 is 3.37. The van der Waals surface area contributed by atoms with Crippen LogP contribution in [0.4, 0.5) is 13.2 Å². The topological polar surface area (TPSA) is 24.5 Å². The van der Waals surface area contributed by atoms with Crippen LogP contribution in [0.15, 0.2) is 22.7 Å². The van der Waals surface area contributed by atoms with E-state index in [1.54, 1.807) is 12.1 Å². The molecule has 0 saturated carbocycles. The number of unbranched alkanes of at least 4 members (excludes halogenated alkanes) is 1. The maximum atomic E-state index is 12.7. The summed E-state index contributed by atoms with van der Waals surface area (Å²) in [4.78, 5) is 2.25. The molecule has 0 amide bonds. The van der Waals surface area contributed by atoms with Crippen molar-refractivity contribution in [2.45, 2.75) is 38.6 Å². The smallest absolute Gasteiger partial charge is 0.405 e. The summed E-state index contributed by atoms with van der Waals surface area (Å²) in [7, 11) is 0. The number of piperazine rings is 1. The number of alkyl halides is 3. The first-order chi connectivity index (χ1) is 10.9. The molecular formula is C16H23BrClF3N2O. The summed E-state index contributed by atoms with van der Waals surface area (Å²) in [6, 6.07) is 4.67. The zero-order chi connectivity index (χ0) is 16.9. The average molecular weight is 432 g/mol. The van der Waals surface area contributed by atoms with Crippen LogP contribution in [0.2, 0.25) is 0 Å². The Morgan fingerprint density at radius 3 is 2.54 bits per heavy atom. The minimum atomic E-state index is -4.68. The van der Waals surface area contributed by atoms with Crippen molar-refractivity contribution in [3.05, 3.63) is 28.2 Å². The molecule has 1 N–H and O–H groups in total. The van der Waals surface area contributed by atoms with Gasteiger partial charge < -0.3 is 10.1 Å². The monoisotopic (exact) mass is 430 g/mol. The molecule has 3 nitrogen and oxygen atoms in total. The first-order valence-electron chi connectivity index (χ1n) is 7.90. The van der Waals surface area contributed by atoms with Crippen molar-refractivity contribution >= 4 is 28.3 Å². The Bertz CT molecular complexity index is 511. The highest BCUT2D eigenvalue weighted by Crippen LogP contribution is 2.37. The molecule has 0 aromatic heterocycles. The molecule has 0 aliphatic carbocycles. The fourth-order valence-corrected chi connectivity index (χ4v) is 3.30. The number of hydrogen-bond acceptors (Lipinski definition) is 3. The number of rotatable bonds is 6. The van der Waals surface area contributed by atoms with E-state index in [9.17, 15) is 13.2 Å². The number of nitrogens with one attached hydrogen (secondary N) is 1.